The van der Waals surface area contributed by atoms with Crippen LogP contribution in [0.5, 0.6) is 11.5 Å². The van der Waals surface area contributed by atoms with Crippen molar-refractivity contribution in [1.82, 2.24) is 0 Å². The van der Waals surface area contributed by atoms with E-state index in [1.807, 2.05) is 0 Å². The fraction of sp³-hybridized carbons (Fsp3) is 0. The van der Waals surface area contributed by atoms with Gasteiger partial charge in [0.15, 0.2) is 0 Å². The SMILES string of the molecule is Cl[P-]1(Cl)(Cl)(Cl)Oc2ccccc2O1. The van der Waals surface area contributed by atoms with E-state index in [0.29, 0.717) is 11.5 Å². The number of para-hydroxylation sites is 2. The van der Waals surface area contributed by atoms with Gasteiger partial charge in [-0.25, -0.2) is 0 Å². The van der Waals surface area contributed by atoms with Gasteiger partial charge in [-0.2, -0.15) is 0 Å². The normalized spacial score (nSPS) is 30.8. The Labute approximate surface area is 93.5 Å². The van der Waals surface area contributed by atoms with Crippen LogP contribution in [-0.2, 0) is 0 Å². The maximum absolute atomic E-state index is 5.73. The Morgan fingerprint density at radius 1 is 0.846 bits per heavy atom. The summed E-state index contributed by atoms with van der Waals surface area (Å²) in [5, 5.41) is 0. The molecule has 0 bridgehead atoms. The summed E-state index contributed by atoms with van der Waals surface area (Å²) in [6, 6.07) is 6.68. The van der Waals surface area contributed by atoms with Crippen LogP contribution >= 0.6 is 48.8 Å². The van der Waals surface area contributed by atoms with Gasteiger partial charge in [-0.3, -0.25) is 0 Å². The van der Waals surface area contributed by atoms with Gasteiger partial charge in [0, 0.05) is 0 Å². The standard InChI is InChI=1S/C6H4Cl4O2P/c7-13(8,9,10)11-5-3-1-2-4-6(5)12-13/h1-4H/q-1. The molecule has 1 heterocycles. The second-order valence-corrected chi connectivity index (χ2v) is 17.5. The van der Waals surface area contributed by atoms with E-state index in [-0.39, 0.29) is 0 Å². The third kappa shape index (κ3) is 2.08. The summed E-state index contributed by atoms with van der Waals surface area (Å²) < 4.78 is 5.02. The van der Waals surface area contributed by atoms with Crippen LogP contribution in [0.15, 0.2) is 24.3 Å². The fourth-order valence-corrected chi connectivity index (χ4v) is 3.88. The van der Waals surface area contributed by atoms with Gasteiger partial charge in [-0.1, -0.05) is 0 Å². The summed E-state index contributed by atoms with van der Waals surface area (Å²) in [5.41, 5.74) is 0. The van der Waals surface area contributed by atoms with Crippen molar-refractivity contribution in [2.75, 3.05) is 0 Å². The first kappa shape index (κ1) is 9.95. The van der Waals surface area contributed by atoms with E-state index >= 15 is 0 Å². The zero-order valence-electron chi connectivity index (χ0n) is 6.08. The Morgan fingerprint density at radius 3 is 1.62 bits per heavy atom. The molecule has 0 N–H and O–H groups in total. The molecule has 13 heavy (non-hydrogen) atoms. The Bertz CT molecular complexity index is 353. The van der Waals surface area contributed by atoms with Crippen LogP contribution in [0.2, 0.25) is 0 Å². The van der Waals surface area contributed by atoms with Gasteiger partial charge in [0.05, 0.1) is 0 Å². The van der Waals surface area contributed by atoms with Crippen LogP contribution in [0.25, 0.3) is 0 Å². The Kier molecular flexibility index (Phi) is 1.65. The van der Waals surface area contributed by atoms with Gasteiger partial charge in [0.25, 0.3) is 0 Å². The van der Waals surface area contributed by atoms with Crippen LogP contribution in [0, 0.1) is 0 Å². The summed E-state index contributed by atoms with van der Waals surface area (Å²) >= 11 is 22.9. The quantitative estimate of drug-likeness (QED) is 0.623. The first-order chi connectivity index (χ1) is 5.68. The van der Waals surface area contributed by atoms with Gasteiger partial charge in [-0.15, -0.1) is 0 Å². The molecule has 0 fully saturated rings. The average Bonchev–Trinajstić information content (AvgIpc) is 2.12. The molecule has 0 amide bonds. The predicted molar refractivity (Wildman–Crippen MR) is 58.0 cm³/mol. The van der Waals surface area contributed by atoms with Crippen LogP contribution in [-0.4, -0.2) is 0 Å². The van der Waals surface area contributed by atoms with Crippen molar-refractivity contribution in [2.24, 2.45) is 0 Å². The molecule has 0 aliphatic carbocycles. The maximum atomic E-state index is 5.73. The van der Waals surface area contributed by atoms with E-state index in [0.717, 1.165) is 0 Å². The van der Waals surface area contributed by atoms with Crippen LogP contribution in [0.1, 0.15) is 0 Å². The molecule has 1 aliphatic rings. The zero-order valence-corrected chi connectivity index (χ0v) is 10.0. The molecule has 0 atom stereocenters. The van der Waals surface area contributed by atoms with Gasteiger partial charge in [0.2, 0.25) is 0 Å². The predicted octanol–water partition coefficient (Wildman–Crippen LogP) is 4.99. The molecule has 1 aliphatic heterocycles. The third-order valence-corrected chi connectivity index (χ3v) is 4.15. The van der Waals surface area contributed by atoms with Crippen LogP contribution < -0.4 is 9.05 Å². The van der Waals surface area contributed by atoms with Crippen molar-refractivity contribution >= 4 is 48.8 Å². The van der Waals surface area contributed by atoms with Crippen molar-refractivity contribution in [3.8, 4) is 11.5 Å². The zero-order chi connectivity index (χ0) is 9.81. The van der Waals surface area contributed by atoms with E-state index in [9.17, 15) is 0 Å². The molecule has 1 aromatic carbocycles. The average molecular weight is 281 g/mol. The molecule has 2 nitrogen and oxygen atoms in total. The van der Waals surface area contributed by atoms with E-state index < -0.39 is 3.81 Å². The molecule has 0 unspecified atom stereocenters. The number of hydrogen-bond donors (Lipinski definition) is 0. The third-order valence-electron chi connectivity index (χ3n) is 1.40. The summed E-state index contributed by atoms with van der Waals surface area (Å²) in [6.45, 7) is 0. The first-order valence-electron chi connectivity index (χ1n) is 3.28. The first-order valence-corrected chi connectivity index (χ1v) is 9.42. The molecular weight excluding hydrogens is 277 g/mol. The van der Waals surface area contributed by atoms with E-state index in [1.165, 1.54) is 0 Å². The molecule has 0 saturated carbocycles. The number of hydrogen-bond acceptors (Lipinski definition) is 2. The molecule has 1 aromatic rings. The Balaban J connectivity index is 2.56. The van der Waals surface area contributed by atoms with Crippen molar-refractivity contribution in [2.45, 2.75) is 0 Å². The molecule has 0 saturated heterocycles. The second-order valence-electron chi connectivity index (χ2n) is 2.64. The monoisotopic (exact) mass is 279 g/mol. The van der Waals surface area contributed by atoms with E-state index in [2.05, 4.69) is 0 Å². The summed E-state index contributed by atoms with van der Waals surface area (Å²) in [5.74, 6) is 0.682. The van der Waals surface area contributed by atoms with Crippen molar-refractivity contribution in [3.63, 3.8) is 0 Å². The van der Waals surface area contributed by atoms with E-state index in [1.54, 1.807) is 24.3 Å². The summed E-state index contributed by atoms with van der Waals surface area (Å²) in [7, 11) is 0. The molecule has 0 aromatic heterocycles. The fourth-order valence-electron chi connectivity index (χ4n) is 0.997. The van der Waals surface area contributed by atoms with Crippen LogP contribution in [0.3, 0.4) is 0 Å². The molecular formula is C6H4Cl4O2P-. The minimum atomic E-state index is -5.07. The van der Waals surface area contributed by atoms with Gasteiger partial charge < -0.3 is 0 Å². The number of benzene rings is 1. The topological polar surface area (TPSA) is 18.5 Å². The summed E-state index contributed by atoms with van der Waals surface area (Å²) in [4.78, 5) is 0. The van der Waals surface area contributed by atoms with Crippen molar-refractivity contribution in [3.05, 3.63) is 24.3 Å². The van der Waals surface area contributed by atoms with Crippen molar-refractivity contribution < 1.29 is 9.05 Å². The van der Waals surface area contributed by atoms with Gasteiger partial charge >= 0.3 is 93.6 Å². The van der Waals surface area contributed by atoms with E-state index in [4.69, 9.17) is 54.0 Å². The molecule has 0 spiro atoms. The van der Waals surface area contributed by atoms with Gasteiger partial charge in [-0.05, 0) is 0 Å². The Morgan fingerprint density at radius 2 is 1.23 bits per heavy atom. The molecule has 74 valence electrons. The Hall–Kier alpha value is 0.410. The molecule has 7 heteroatoms. The van der Waals surface area contributed by atoms with Gasteiger partial charge in [0.1, 0.15) is 0 Å². The minimum absolute atomic E-state index is 0.341. The number of rotatable bonds is 0. The summed E-state index contributed by atoms with van der Waals surface area (Å²) in [6.07, 6.45) is 0. The molecule has 0 radical (unpaired) electrons. The number of halogens is 4. The molecule has 2 rings (SSSR count). The van der Waals surface area contributed by atoms with Crippen molar-refractivity contribution in [1.29, 1.82) is 0 Å². The second kappa shape index (κ2) is 2.15. The van der Waals surface area contributed by atoms with Crippen LogP contribution in [0.4, 0.5) is 0 Å². The number of fused-ring (bicyclic) bond motifs is 1.